The summed E-state index contributed by atoms with van der Waals surface area (Å²) in [5, 5.41) is 19.9. The maximum atomic E-state index is 12.4. The van der Waals surface area contributed by atoms with Gasteiger partial charge in [0.25, 0.3) is 0 Å². The molecule has 0 unspecified atom stereocenters. The first-order chi connectivity index (χ1) is 21.7. The Kier molecular flexibility index (Phi) is 11.2. The molecule has 0 saturated heterocycles. The van der Waals surface area contributed by atoms with Gasteiger partial charge in [-0.05, 0) is 67.8 Å². The van der Waals surface area contributed by atoms with Crippen molar-refractivity contribution in [1.29, 1.82) is 0 Å². The second-order valence-corrected chi connectivity index (χ2v) is 10.1. The number of hydrogen-bond acceptors (Lipinski definition) is 10. The number of allylic oxidation sites excluding steroid dienone is 1. The predicted molar refractivity (Wildman–Crippen MR) is 167 cm³/mol. The van der Waals surface area contributed by atoms with Gasteiger partial charge in [-0.25, -0.2) is 9.59 Å². The van der Waals surface area contributed by atoms with E-state index in [1.165, 1.54) is 18.9 Å². The summed E-state index contributed by atoms with van der Waals surface area (Å²) in [5.74, 6) is 1.31. The maximum absolute atomic E-state index is 12.4. The van der Waals surface area contributed by atoms with Crippen LogP contribution in [-0.4, -0.2) is 57.0 Å². The molecule has 1 aliphatic heterocycles. The van der Waals surface area contributed by atoms with E-state index in [1.807, 2.05) is 44.2 Å². The zero-order chi connectivity index (χ0) is 32.3. The molecule has 4 N–H and O–H groups in total. The van der Waals surface area contributed by atoms with Crippen LogP contribution >= 0.6 is 0 Å². The average Bonchev–Trinajstić information content (AvgIpc) is 3.03. The molecule has 3 aromatic rings. The van der Waals surface area contributed by atoms with E-state index in [1.54, 1.807) is 44.4 Å². The molecule has 0 bridgehead atoms. The number of urea groups is 1. The van der Waals surface area contributed by atoms with Crippen LogP contribution in [0.1, 0.15) is 42.1 Å². The van der Waals surface area contributed by atoms with E-state index < -0.39 is 24.3 Å². The van der Waals surface area contributed by atoms with Crippen LogP contribution in [0.15, 0.2) is 77.0 Å². The van der Waals surface area contributed by atoms with Crippen molar-refractivity contribution in [3.8, 4) is 23.0 Å². The third-order valence-electron chi connectivity index (χ3n) is 6.81. The lowest BCUT2D eigenvalue weighted by Gasteiger charge is -2.28. The first-order valence-corrected chi connectivity index (χ1v) is 14.3. The molecule has 1 heterocycles. The van der Waals surface area contributed by atoms with E-state index in [2.05, 4.69) is 21.2 Å². The number of nitrogens with one attached hydrogen (secondary N) is 3. The fraction of sp³-hybridized carbons (Fsp3) is 0.303. The summed E-state index contributed by atoms with van der Waals surface area (Å²) >= 11 is 0. The van der Waals surface area contributed by atoms with Crippen molar-refractivity contribution in [2.75, 3.05) is 27.4 Å². The molecular weight excluding hydrogens is 580 g/mol. The van der Waals surface area contributed by atoms with Gasteiger partial charge in [0, 0.05) is 5.70 Å². The van der Waals surface area contributed by atoms with Crippen molar-refractivity contribution >= 4 is 18.2 Å². The summed E-state index contributed by atoms with van der Waals surface area (Å²) in [6.45, 7) is 6.07. The number of methoxy groups -OCH3 is 2. The SMILES string of the molecule is CCOc1cc([C@@H]2NC(=O)NC(C)=C2C(=O)OC)ccc1OC[C@H](O)N/N=C\c1ccc(OCc2ccc(C)cc2)c(OC)c1. The number of ether oxygens (including phenoxy) is 5. The fourth-order valence-electron chi connectivity index (χ4n) is 4.55. The predicted octanol–water partition coefficient (Wildman–Crippen LogP) is 4.10. The van der Waals surface area contributed by atoms with Gasteiger partial charge in [-0.1, -0.05) is 35.9 Å². The van der Waals surface area contributed by atoms with Crippen LogP contribution in [0.3, 0.4) is 0 Å². The quantitative estimate of drug-likeness (QED) is 0.0907. The second-order valence-electron chi connectivity index (χ2n) is 10.1. The van der Waals surface area contributed by atoms with Crippen LogP contribution in [0.5, 0.6) is 23.0 Å². The highest BCUT2D eigenvalue weighted by atomic mass is 16.5. The number of esters is 1. The standard InChI is InChI=1S/C33H38N4O8/c1-6-43-28-16-24(31-30(32(39)42-5)21(3)35-33(40)36-31)12-14-26(28)45-19-29(38)37-34-17-23-11-13-25(27(15-23)41-4)44-18-22-9-7-20(2)8-10-22/h7-17,29,31,37-38H,6,18-19H2,1-5H3,(H2,35,36,40)/b34-17-/t29-,31-/m0/s1. The molecule has 238 valence electrons. The molecule has 0 aliphatic carbocycles. The van der Waals surface area contributed by atoms with Gasteiger partial charge in [-0.15, -0.1) is 0 Å². The molecule has 3 aromatic carbocycles. The number of aliphatic hydroxyl groups is 1. The van der Waals surface area contributed by atoms with Crippen molar-refractivity contribution in [2.24, 2.45) is 5.10 Å². The van der Waals surface area contributed by atoms with E-state index in [9.17, 15) is 14.7 Å². The van der Waals surface area contributed by atoms with Gasteiger partial charge in [0.1, 0.15) is 13.2 Å². The van der Waals surface area contributed by atoms with E-state index in [4.69, 9.17) is 23.7 Å². The van der Waals surface area contributed by atoms with E-state index in [0.29, 0.717) is 47.5 Å². The lowest BCUT2D eigenvalue weighted by Crippen LogP contribution is -2.45. The van der Waals surface area contributed by atoms with Crippen molar-refractivity contribution < 1.29 is 38.4 Å². The first-order valence-electron chi connectivity index (χ1n) is 14.3. The van der Waals surface area contributed by atoms with Crippen LogP contribution in [0, 0.1) is 6.92 Å². The van der Waals surface area contributed by atoms with Crippen LogP contribution < -0.4 is 35.0 Å². The van der Waals surface area contributed by atoms with E-state index >= 15 is 0 Å². The Labute approximate surface area is 262 Å². The fourth-order valence-corrected chi connectivity index (χ4v) is 4.55. The highest BCUT2D eigenvalue weighted by Crippen LogP contribution is 2.35. The summed E-state index contributed by atoms with van der Waals surface area (Å²) in [7, 11) is 2.84. The van der Waals surface area contributed by atoms with Gasteiger partial charge < -0.3 is 39.4 Å². The third-order valence-corrected chi connectivity index (χ3v) is 6.81. The van der Waals surface area contributed by atoms with Crippen LogP contribution in [0.4, 0.5) is 4.79 Å². The van der Waals surface area contributed by atoms with Gasteiger partial charge in [0.05, 0.1) is 38.7 Å². The Morgan fingerprint density at radius 1 is 0.978 bits per heavy atom. The molecule has 2 atom stereocenters. The van der Waals surface area contributed by atoms with E-state index in [0.717, 1.165) is 11.1 Å². The van der Waals surface area contributed by atoms with Gasteiger partial charge in [0.15, 0.2) is 29.2 Å². The van der Waals surface area contributed by atoms with Crippen molar-refractivity contribution in [3.05, 3.63) is 94.2 Å². The Morgan fingerprint density at radius 3 is 2.42 bits per heavy atom. The minimum absolute atomic E-state index is 0.150. The maximum Gasteiger partial charge on any atom is 0.337 e. The number of nitrogens with zero attached hydrogens (tertiary/aromatic N) is 1. The number of aryl methyl sites for hydroxylation is 1. The molecule has 0 saturated carbocycles. The van der Waals surface area contributed by atoms with Gasteiger partial charge >= 0.3 is 12.0 Å². The molecule has 0 fully saturated rings. The topological polar surface area (TPSA) is 149 Å². The minimum Gasteiger partial charge on any atom is -0.493 e. The monoisotopic (exact) mass is 618 g/mol. The average molecular weight is 619 g/mol. The van der Waals surface area contributed by atoms with Crippen molar-refractivity contribution in [2.45, 2.75) is 39.6 Å². The number of carbonyl (C=O) groups excluding carboxylic acids is 2. The summed E-state index contributed by atoms with van der Waals surface area (Å²) in [5.41, 5.74) is 6.84. The normalized spacial score (nSPS) is 15.2. The number of hydrazone groups is 1. The number of benzene rings is 3. The molecule has 1 aliphatic rings. The molecule has 45 heavy (non-hydrogen) atoms. The summed E-state index contributed by atoms with van der Waals surface area (Å²) < 4.78 is 27.9. The zero-order valence-electron chi connectivity index (χ0n) is 25.9. The van der Waals surface area contributed by atoms with Crippen LogP contribution in [0.2, 0.25) is 0 Å². The molecule has 0 radical (unpaired) electrons. The molecule has 12 nitrogen and oxygen atoms in total. The molecule has 0 aromatic heterocycles. The highest BCUT2D eigenvalue weighted by Gasteiger charge is 2.32. The Morgan fingerprint density at radius 2 is 1.71 bits per heavy atom. The molecular formula is C33H38N4O8. The summed E-state index contributed by atoms with van der Waals surface area (Å²) in [4.78, 5) is 24.6. The molecule has 4 rings (SSSR count). The van der Waals surface area contributed by atoms with Crippen molar-refractivity contribution in [3.63, 3.8) is 0 Å². The molecule has 12 heteroatoms. The number of hydrogen-bond donors (Lipinski definition) is 4. The Balaban J connectivity index is 1.36. The summed E-state index contributed by atoms with van der Waals surface area (Å²) in [6.07, 6.45) is 0.395. The largest absolute Gasteiger partial charge is 0.493 e. The molecule has 0 spiro atoms. The lowest BCUT2D eigenvalue weighted by atomic mass is 9.95. The Hall–Kier alpha value is -5.23. The van der Waals surface area contributed by atoms with Crippen molar-refractivity contribution in [1.82, 2.24) is 16.1 Å². The van der Waals surface area contributed by atoms with Gasteiger partial charge in [-0.2, -0.15) is 5.10 Å². The third kappa shape index (κ3) is 8.67. The van der Waals surface area contributed by atoms with Crippen LogP contribution in [-0.2, 0) is 16.1 Å². The smallest absolute Gasteiger partial charge is 0.337 e. The summed E-state index contributed by atoms with van der Waals surface area (Å²) in [6, 6.07) is 17.3. The highest BCUT2D eigenvalue weighted by molar-refractivity contribution is 5.95. The zero-order valence-corrected chi connectivity index (χ0v) is 25.9. The second kappa shape index (κ2) is 15.5. The number of aliphatic hydroxyl groups excluding tert-OH is 1. The Bertz CT molecular complexity index is 1550. The molecule has 2 amide bonds. The first kappa shape index (κ1) is 32.7. The number of rotatable bonds is 14. The minimum atomic E-state index is -1.14. The number of carbonyl (C=O) groups is 2. The van der Waals surface area contributed by atoms with Gasteiger partial charge in [0.2, 0.25) is 0 Å². The number of amides is 2. The van der Waals surface area contributed by atoms with Gasteiger partial charge in [-0.3, -0.25) is 5.43 Å². The van der Waals surface area contributed by atoms with E-state index in [-0.39, 0.29) is 12.2 Å². The lowest BCUT2D eigenvalue weighted by molar-refractivity contribution is -0.136. The van der Waals surface area contributed by atoms with Crippen LogP contribution in [0.25, 0.3) is 0 Å².